The molecule has 0 aromatic carbocycles. The summed E-state index contributed by atoms with van der Waals surface area (Å²) in [7, 11) is 0. The molecule has 0 amide bonds. The van der Waals surface area contributed by atoms with Crippen molar-refractivity contribution in [2.45, 2.75) is 52.0 Å². The van der Waals surface area contributed by atoms with Crippen molar-refractivity contribution >= 4 is 5.82 Å². The summed E-state index contributed by atoms with van der Waals surface area (Å²) in [6, 6.07) is 2.12. The Bertz CT molecular complexity index is 598. The quantitative estimate of drug-likeness (QED) is 0.914. The highest BCUT2D eigenvalue weighted by Gasteiger charge is 2.21. The summed E-state index contributed by atoms with van der Waals surface area (Å²) < 4.78 is 2.09. The fraction of sp³-hybridized carbons (Fsp3) is 0.562. The van der Waals surface area contributed by atoms with Crippen molar-refractivity contribution in [3.63, 3.8) is 0 Å². The lowest BCUT2D eigenvalue weighted by atomic mass is 10.0. The van der Waals surface area contributed by atoms with E-state index in [2.05, 4.69) is 39.8 Å². The van der Waals surface area contributed by atoms with Crippen LogP contribution in [0.2, 0.25) is 0 Å². The zero-order valence-corrected chi connectivity index (χ0v) is 12.8. The molecule has 112 valence electrons. The van der Waals surface area contributed by atoms with Crippen LogP contribution in [0.5, 0.6) is 0 Å². The maximum absolute atomic E-state index is 4.84. The van der Waals surface area contributed by atoms with Crippen molar-refractivity contribution in [1.29, 1.82) is 0 Å². The summed E-state index contributed by atoms with van der Waals surface area (Å²) in [6.07, 6.45) is 8.81. The molecule has 1 fully saturated rings. The van der Waals surface area contributed by atoms with Crippen LogP contribution in [0.4, 0.5) is 5.82 Å². The third-order valence-electron chi connectivity index (χ3n) is 4.16. The molecule has 0 bridgehead atoms. The smallest absolute Gasteiger partial charge is 0.180 e. The van der Waals surface area contributed by atoms with E-state index < -0.39 is 0 Å². The Morgan fingerprint density at radius 3 is 2.76 bits per heavy atom. The Hall–Kier alpha value is -1.91. The zero-order chi connectivity index (χ0) is 14.7. The molecule has 1 N–H and O–H groups in total. The van der Waals surface area contributed by atoms with Gasteiger partial charge in [-0.3, -0.25) is 0 Å². The molecule has 3 rings (SSSR count). The molecule has 21 heavy (non-hydrogen) atoms. The van der Waals surface area contributed by atoms with E-state index in [0.717, 1.165) is 30.4 Å². The number of rotatable bonds is 5. The lowest BCUT2D eigenvalue weighted by molar-refractivity contribution is 0.693. The number of aryl methyl sites for hydroxylation is 1. The molecule has 2 heterocycles. The first-order chi connectivity index (χ1) is 10.3. The van der Waals surface area contributed by atoms with Crippen molar-refractivity contribution in [2.75, 3.05) is 11.9 Å². The topological polar surface area (TPSA) is 55.6 Å². The minimum absolute atomic E-state index is 0.585. The van der Waals surface area contributed by atoms with Crippen molar-refractivity contribution in [1.82, 2.24) is 19.5 Å². The van der Waals surface area contributed by atoms with Gasteiger partial charge in [-0.15, -0.1) is 0 Å². The maximum Gasteiger partial charge on any atom is 0.180 e. The molecule has 5 nitrogen and oxygen atoms in total. The summed E-state index contributed by atoms with van der Waals surface area (Å²) in [5, 5.41) is 3.33. The molecule has 0 radical (unpaired) electrons. The predicted octanol–water partition coefficient (Wildman–Crippen LogP) is 3.45. The van der Waals surface area contributed by atoms with E-state index in [9.17, 15) is 0 Å². The summed E-state index contributed by atoms with van der Waals surface area (Å²) in [6.45, 7) is 5.95. The number of anilines is 1. The highest BCUT2D eigenvalue weighted by atomic mass is 15.1. The molecule has 2 aromatic heterocycles. The van der Waals surface area contributed by atoms with Gasteiger partial charge in [0, 0.05) is 30.8 Å². The van der Waals surface area contributed by atoms with Crippen LogP contribution < -0.4 is 5.32 Å². The van der Waals surface area contributed by atoms with Crippen LogP contribution in [0.1, 0.15) is 51.1 Å². The first-order valence-electron chi connectivity index (χ1n) is 7.95. The van der Waals surface area contributed by atoms with Crippen LogP contribution in [0, 0.1) is 0 Å². The van der Waals surface area contributed by atoms with Gasteiger partial charge >= 0.3 is 0 Å². The molecule has 0 atom stereocenters. The van der Waals surface area contributed by atoms with E-state index in [-0.39, 0.29) is 0 Å². The first-order valence-corrected chi connectivity index (χ1v) is 7.95. The van der Waals surface area contributed by atoms with Crippen LogP contribution in [-0.4, -0.2) is 26.1 Å². The normalized spacial score (nSPS) is 15.5. The molecule has 0 aliphatic heterocycles. The molecule has 5 heteroatoms. The average molecular weight is 285 g/mol. The molecular weight excluding hydrogens is 262 g/mol. The highest BCUT2D eigenvalue weighted by molar-refractivity contribution is 5.53. The van der Waals surface area contributed by atoms with Gasteiger partial charge in [-0.05, 0) is 26.7 Å². The van der Waals surface area contributed by atoms with Crippen LogP contribution in [0.3, 0.4) is 0 Å². The van der Waals surface area contributed by atoms with E-state index in [1.807, 2.05) is 12.5 Å². The van der Waals surface area contributed by atoms with E-state index in [1.165, 1.54) is 31.4 Å². The van der Waals surface area contributed by atoms with Gasteiger partial charge in [0.05, 0.1) is 12.5 Å². The van der Waals surface area contributed by atoms with Crippen molar-refractivity contribution in [3.05, 3.63) is 24.3 Å². The Kier molecular flexibility index (Phi) is 4.18. The van der Waals surface area contributed by atoms with E-state index >= 15 is 0 Å². The van der Waals surface area contributed by atoms with Crippen LogP contribution in [-0.2, 0) is 6.54 Å². The number of nitrogens with zero attached hydrogens (tertiary/aromatic N) is 4. The number of hydrogen-bond donors (Lipinski definition) is 1. The molecule has 0 unspecified atom stereocenters. The lowest BCUT2D eigenvalue weighted by Crippen LogP contribution is -2.07. The van der Waals surface area contributed by atoms with Gasteiger partial charge in [0.1, 0.15) is 11.5 Å². The molecule has 0 spiro atoms. The largest absolute Gasteiger partial charge is 0.370 e. The number of imidazole rings is 1. The Morgan fingerprint density at radius 2 is 2.05 bits per heavy atom. The summed E-state index contributed by atoms with van der Waals surface area (Å²) >= 11 is 0. The summed E-state index contributed by atoms with van der Waals surface area (Å²) in [5.41, 5.74) is 2.17. The minimum Gasteiger partial charge on any atom is -0.370 e. The van der Waals surface area contributed by atoms with Crippen molar-refractivity contribution < 1.29 is 0 Å². The van der Waals surface area contributed by atoms with E-state index in [4.69, 9.17) is 4.98 Å². The number of hydrogen-bond acceptors (Lipinski definition) is 4. The number of aromatic nitrogens is 4. The molecule has 1 aliphatic carbocycles. The standard InChI is InChI=1S/C16H23N5/c1-3-18-15-9-13(12-7-5-6-8-12)19-16(20-15)14-10-17-11-21(14)4-2/h9-12H,3-8H2,1-2H3,(H,18,19,20). The van der Waals surface area contributed by atoms with Gasteiger partial charge in [-0.2, -0.15) is 0 Å². The Balaban J connectivity index is 2.02. The van der Waals surface area contributed by atoms with Crippen LogP contribution in [0.15, 0.2) is 18.6 Å². The molecular formula is C16H23N5. The fourth-order valence-electron chi connectivity index (χ4n) is 3.04. The van der Waals surface area contributed by atoms with Gasteiger partial charge < -0.3 is 9.88 Å². The summed E-state index contributed by atoms with van der Waals surface area (Å²) in [4.78, 5) is 13.7. The molecule has 2 aromatic rings. The van der Waals surface area contributed by atoms with E-state index in [1.54, 1.807) is 0 Å². The summed E-state index contributed by atoms with van der Waals surface area (Å²) in [5.74, 6) is 2.30. The predicted molar refractivity (Wildman–Crippen MR) is 84.3 cm³/mol. The van der Waals surface area contributed by atoms with E-state index in [0.29, 0.717) is 5.92 Å². The van der Waals surface area contributed by atoms with Gasteiger partial charge in [0.2, 0.25) is 0 Å². The monoisotopic (exact) mass is 285 g/mol. The minimum atomic E-state index is 0.585. The average Bonchev–Trinajstić information content (AvgIpc) is 3.18. The number of nitrogens with one attached hydrogen (secondary N) is 1. The highest BCUT2D eigenvalue weighted by Crippen LogP contribution is 2.34. The first kappa shape index (κ1) is 14.0. The second-order valence-electron chi connectivity index (χ2n) is 5.58. The second-order valence-corrected chi connectivity index (χ2v) is 5.58. The molecule has 0 saturated heterocycles. The third-order valence-corrected chi connectivity index (χ3v) is 4.16. The molecule has 1 aliphatic rings. The Morgan fingerprint density at radius 1 is 1.24 bits per heavy atom. The fourth-order valence-corrected chi connectivity index (χ4v) is 3.04. The van der Waals surface area contributed by atoms with Crippen molar-refractivity contribution in [2.24, 2.45) is 0 Å². The Labute approximate surface area is 125 Å². The van der Waals surface area contributed by atoms with Gasteiger partial charge in [0.25, 0.3) is 0 Å². The van der Waals surface area contributed by atoms with Gasteiger partial charge in [0.15, 0.2) is 5.82 Å². The zero-order valence-electron chi connectivity index (χ0n) is 12.8. The van der Waals surface area contributed by atoms with Crippen LogP contribution >= 0.6 is 0 Å². The lowest BCUT2D eigenvalue weighted by Gasteiger charge is -2.13. The third kappa shape index (κ3) is 2.91. The second kappa shape index (κ2) is 6.24. The van der Waals surface area contributed by atoms with Crippen LogP contribution in [0.25, 0.3) is 11.5 Å². The van der Waals surface area contributed by atoms with Gasteiger partial charge in [-0.1, -0.05) is 12.8 Å². The van der Waals surface area contributed by atoms with Crippen molar-refractivity contribution in [3.8, 4) is 11.5 Å². The van der Waals surface area contributed by atoms with Gasteiger partial charge in [-0.25, -0.2) is 15.0 Å². The molecule has 1 saturated carbocycles. The maximum atomic E-state index is 4.84. The SMILES string of the molecule is CCNc1cc(C2CCCC2)nc(-c2cncn2CC)n1.